The molecule has 2 atom stereocenters. The highest BCUT2D eigenvalue weighted by Gasteiger charge is 2.60. The molecule has 16 heteroatoms. The van der Waals surface area contributed by atoms with Gasteiger partial charge in [-0.15, -0.1) is 0 Å². The molecule has 5 rings (SSSR count). The van der Waals surface area contributed by atoms with Crippen molar-refractivity contribution >= 4 is 32.8 Å². The van der Waals surface area contributed by atoms with Crippen molar-refractivity contribution in [2.24, 2.45) is 0 Å². The molecule has 1 aromatic heterocycles. The lowest BCUT2D eigenvalue weighted by Crippen LogP contribution is -2.56. The molecular weight excluding hydrogens is 558 g/mol. The van der Waals surface area contributed by atoms with Crippen LogP contribution in [0.3, 0.4) is 0 Å². The van der Waals surface area contributed by atoms with E-state index in [1.54, 1.807) is 0 Å². The van der Waals surface area contributed by atoms with Crippen molar-refractivity contribution in [3.8, 4) is 16.9 Å². The molecule has 0 spiro atoms. The Balaban J connectivity index is 1.58. The molecule has 2 amide bonds. The number of hydrogen-bond acceptors (Lipinski definition) is 6. The normalized spacial score (nSPS) is 21.2. The molecule has 2 fully saturated rings. The predicted octanol–water partition coefficient (Wildman–Crippen LogP) is 4.33. The number of rotatable bonds is 7. The third-order valence-corrected chi connectivity index (χ3v) is 8.12. The second-order valence-corrected chi connectivity index (χ2v) is 11.0. The molecule has 3 heterocycles. The van der Waals surface area contributed by atoms with Crippen LogP contribution in [-0.2, 0) is 10.0 Å². The highest BCUT2D eigenvalue weighted by molar-refractivity contribution is 7.89. The van der Waals surface area contributed by atoms with Gasteiger partial charge in [-0.05, 0) is 31.5 Å². The van der Waals surface area contributed by atoms with E-state index < -0.39 is 75.9 Å². The van der Waals surface area contributed by atoms with Gasteiger partial charge in [0.2, 0.25) is 10.0 Å². The van der Waals surface area contributed by atoms with Crippen molar-refractivity contribution in [2.75, 3.05) is 23.7 Å². The van der Waals surface area contributed by atoms with Crippen LogP contribution in [0.15, 0.2) is 34.9 Å². The number of carbonyl (C=O) groups is 1. The maximum absolute atomic E-state index is 15.1. The van der Waals surface area contributed by atoms with Crippen LogP contribution in [0.25, 0.3) is 22.1 Å². The van der Waals surface area contributed by atoms with Crippen LogP contribution in [0.2, 0.25) is 0 Å². The lowest BCUT2D eigenvalue weighted by atomic mass is 9.99. The van der Waals surface area contributed by atoms with Gasteiger partial charge >= 0.3 is 12.6 Å². The highest BCUT2D eigenvalue weighted by atomic mass is 32.2. The van der Waals surface area contributed by atoms with Gasteiger partial charge in [-0.25, -0.2) is 35.5 Å². The highest BCUT2D eigenvalue weighted by Crippen LogP contribution is 2.44. The summed E-state index contributed by atoms with van der Waals surface area (Å²) < 4.78 is 121. The van der Waals surface area contributed by atoms with Crippen LogP contribution in [0, 0.1) is 11.6 Å². The molecule has 1 N–H and O–H groups in total. The zero-order valence-corrected chi connectivity index (χ0v) is 20.8. The third-order valence-electron chi connectivity index (χ3n) is 6.71. The summed E-state index contributed by atoms with van der Waals surface area (Å²) in [6, 6.07) is 0.375. The number of nitrogens with one attached hydrogen (secondary N) is 1. The van der Waals surface area contributed by atoms with Gasteiger partial charge in [0.15, 0.2) is 11.4 Å². The summed E-state index contributed by atoms with van der Waals surface area (Å²) in [5, 5.41) is 3.64. The average molecular weight is 578 g/mol. The molecule has 0 saturated carbocycles. The topological polar surface area (TPSA) is 105 Å². The van der Waals surface area contributed by atoms with Gasteiger partial charge in [0, 0.05) is 24.7 Å². The number of urea groups is 1. The minimum absolute atomic E-state index is 0.151. The molecule has 2 aliphatic rings. The van der Waals surface area contributed by atoms with Crippen molar-refractivity contribution < 1.29 is 48.8 Å². The Bertz CT molecular complexity index is 1530. The fraction of sp³-hybridized carbons (Fsp3) is 0.391. The second-order valence-electron chi connectivity index (χ2n) is 8.96. The van der Waals surface area contributed by atoms with E-state index in [-0.39, 0.29) is 35.3 Å². The summed E-state index contributed by atoms with van der Waals surface area (Å²) in [7, 11) is -4.02. The number of carbonyl (C=O) groups excluding carboxylic acids is 1. The van der Waals surface area contributed by atoms with E-state index >= 15 is 8.78 Å². The zero-order chi connectivity index (χ0) is 28.3. The predicted molar refractivity (Wildman–Crippen MR) is 125 cm³/mol. The van der Waals surface area contributed by atoms with Gasteiger partial charge in [0.1, 0.15) is 29.5 Å². The van der Waals surface area contributed by atoms with Crippen molar-refractivity contribution in [1.29, 1.82) is 0 Å². The molecule has 3 aromatic rings. The van der Waals surface area contributed by atoms with Crippen molar-refractivity contribution in [3.63, 3.8) is 0 Å². The molecule has 9 nitrogen and oxygen atoms in total. The average Bonchev–Trinajstić information content (AvgIpc) is 3.37. The van der Waals surface area contributed by atoms with Gasteiger partial charge in [0.05, 0.1) is 16.7 Å². The fourth-order valence-corrected chi connectivity index (χ4v) is 5.73. The fourth-order valence-electron chi connectivity index (χ4n) is 4.90. The van der Waals surface area contributed by atoms with E-state index in [0.717, 1.165) is 40.1 Å². The second kappa shape index (κ2) is 9.59. The first-order chi connectivity index (χ1) is 18.3. The minimum Gasteiger partial charge on any atom is -0.435 e. The number of fused-ring (bicyclic) bond motifs is 2. The zero-order valence-electron chi connectivity index (χ0n) is 20.0. The molecule has 39 heavy (non-hydrogen) atoms. The summed E-state index contributed by atoms with van der Waals surface area (Å²) in [6.45, 7) is -2.99. The quantitative estimate of drug-likeness (QED) is 0.419. The number of anilines is 1. The van der Waals surface area contributed by atoms with Crippen LogP contribution in [-0.4, -0.2) is 68.0 Å². The van der Waals surface area contributed by atoms with Crippen LogP contribution < -0.4 is 14.4 Å². The summed E-state index contributed by atoms with van der Waals surface area (Å²) in [5.41, 5.74) is -1.24. The Morgan fingerprint density at radius 3 is 2.56 bits per heavy atom. The smallest absolute Gasteiger partial charge is 0.387 e. The summed E-state index contributed by atoms with van der Waals surface area (Å²) in [6.07, 6.45) is -0.312. The van der Waals surface area contributed by atoms with Gasteiger partial charge in [-0.2, -0.15) is 8.78 Å². The first-order valence-corrected chi connectivity index (χ1v) is 13.3. The molecule has 0 radical (unpaired) electrons. The number of nitrogens with zero attached hydrogens (tertiary/aromatic N) is 3. The number of alkyl halides is 4. The number of amides is 2. The first-order valence-electron chi connectivity index (χ1n) is 11.6. The van der Waals surface area contributed by atoms with E-state index in [1.165, 1.54) is 6.92 Å². The molecule has 2 aromatic carbocycles. The van der Waals surface area contributed by atoms with E-state index in [0.29, 0.717) is 0 Å². The van der Waals surface area contributed by atoms with Crippen LogP contribution in [0.4, 0.5) is 37.0 Å². The SMILES string of the molecule is CCS(=O)(=O)N[C@@H]1CN2C(=O)N(c3noc4cc(OC(F)F)cc(-c5c(F)cccc5F)c34)CC[C@@H]2C1(F)F. The number of benzene rings is 2. The Labute approximate surface area is 217 Å². The molecule has 2 saturated heterocycles. The lowest BCUT2D eigenvalue weighted by molar-refractivity contribution is -0.0497. The Morgan fingerprint density at radius 1 is 1.23 bits per heavy atom. The Kier molecular flexibility index (Phi) is 6.65. The minimum atomic E-state index is -4.02. The van der Waals surface area contributed by atoms with E-state index in [2.05, 4.69) is 9.89 Å². The number of aromatic nitrogens is 1. The van der Waals surface area contributed by atoms with Crippen LogP contribution in [0.1, 0.15) is 13.3 Å². The number of halogens is 6. The van der Waals surface area contributed by atoms with Crippen molar-refractivity contribution in [2.45, 2.75) is 38.0 Å². The number of sulfonamides is 1. The summed E-state index contributed by atoms with van der Waals surface area (Å²) >= 11 is 0. The number of ether oxygens (including phenoxy) is 1. The standard InChI is InChI=1S/C23H20F6N4O5S/c1-2-39(35,36)31-16-10-33-17(23(16,28)29)6-7-32(22(33)34)20-19-12(18-13(24)4-3-5-14(18)25)8-11(37-21(26)27)9-15(19)38-30-20/h3-5,8-9,16-17,21,31H,2,6-7,10H2,1H3/t16-,17-/m1/s1. The molecular formula is C23H20F6N4O5S. The monoisotopic (exact) mass is 578 g/mol. The molecule has 210 valence electrons. The van der Waals surface area contributed by atoms with Gasteiger partial charge in [-0.1, -0.05) is 11.2 Å². The van der Waals surface area contributed by atoms with E-state index in [9.17, 15) is 30.8 Å². The van der Waals surface area contributed by atoms with Gasteiger partial charge in [0.25, 0.3) is 5.92 Å². The van der Waals surface area contributed by atoms with Crippen molar-refractivity contribution in [1.82, 2.24) is 14.8 Å². The Hall–Kier alpha value is -3.53. The lowest BCUT2D eigenvalue weighted by Gasteiger charge is -2.37. The van der Waals surface area contributed by atoms with Crippen LogP contribution in [0.5, 0.6) is 5.75 Å². The summed E-state index contributed by atoms with van der Waals surface area (Å²) in [5.74, 6) is -6.95. The molecule has 0 bridgehead atoms. The summed E-state index contributed by atoms with van der Waals surface area (Å²) in [4.78, 5) is 15.1. The first kappa shape index (κ1) is 27.1. The molecule has 0 aliphatic carbocycles. The number of hydrogen-bond donors (Lipinski definition) is 1. The maximum atomic E-state index is 15.1. The largest absolute Gasteiger partial charge is 0.435 e. The van der Waals surface area contributed by atoms with Gasteiger partial charge in [-0.3, -0.25) is 4.90 Å². The molecule has 2 aliphatic heterocycles. The molecule has 0 unspecified atom stereocenters. The third kappa shape index (κ3) is 4.64. The van der Waals surface area contributed by atoms with E-state index in [4.69, 9.17) is 4.52 Å². The maximum Gasteiger partial charge on any atom is 0.387 e. The van der Waals surface area contributed by atoms with E-state index in [1.807, 2.05) is 4.72 Å². The van der Waals surface area contributed by atoms with Crippen LogP contribution >= 0.6 is 0 Å². The van der Waals surface area contributed by atoms with Gasteiger partial charge < -0.3 is 14.2 Å². The Morgan fingerprint density at radius 2 is 1.92 bits per heavy atom. The van der Waals surface area contributed by atoms with Crippen molar-refractivity contribution in [3.05, 3.63) is 42.0 Å².